The molecular formula is C14H29N3O4. The maximum Gasteiger partial charge on any atom is 0.410 e. The maximum atomic E-state index is 11.8. The van der Waals surface area contributed by atoms with Crippen LogP contribution in [0.1, 0.15) is 20.8 Å². The van der Waals surface area contributed by atoms with E-state index in [0.29, 0.717) is 19.6 Å². The minimum atomic E-state index is -0.829. The fraction of sp³-hybridized carbons (Fsp3) is 0.857. The van der Waals surface area contributed by atoms with Crippen molar-refractivity contribution in [1.29, 1.82) is 0 Å². The molecule has 0 aliphatic heterocycles. The summed E-state index contributed by atoms with van der Waals surface area (Å²) in [5.74, 6) is -0.829. The molecule has 7 heteroatoms. The number of carbonyl (C=O) groups is 2. The van der Waals surface area contributed by atoms with Crippen molar-refractivity contribution in [3.8, 4) is 0 Å². The number of rotatable bonds is 8. The Morgan fingerprint density at radius 1 is 0.952 bits per heavy atom. The van der Waals surface area contributed by atoms with Crippen molar-refractivity contribution in [3.63, 3.8) is 0 Å². The zero-order chi connectivity index (χ0) is 16.6. The van der Waals surface area contributed by atoms with E-state index >= 15 is 0 Å². The van der Waals surface area contributed by atoms with E-state index in [1.165, 1.54) is 0 Å². The van der Waals surface area contributed by atoms with Crippen molar-refractivity contribution >= 4 is 12.1 Å². The summed E-state index contributed by atoms with van der Waals surface area (Å²) in [6.45, 7) is 8.22. The van der Waals surface area contributed by atoms with Crippen molar-refractivity contribution < 1.29 is 19.4 Å². The lowest BCUT2D eigenvalue weighted by atomic mass is 10.2. The summed E-state index contributed by atoms with van der Waals surface area (Å²) in [7, 11) is 5.42. The summed E-state index contributed by atoms with van der Waals surface area (Å²) in [5.41, 5.74) is -0.489. The number of ether oxygens (including phenoxy) is 1. The highest BCUT2D eigenvalue weighted by Crippen LogP contribution is 2.08. The van der Waals surface area contributed by atoms with Gasteiger partial charge in [0, 0.05) is 33.2 Å². The molecule has 0 saturated heterocycles. The third kappa shape index (κ3) is 11.0. The Bertz CT molecular complexity index is 342. The molecule has 7 nitrogen and oxygen atoms in total. The van der Waals surface area contributed by atoms with Crippen LogP contribution in [0.15, 0.2) is 0 Å². The standard InChI is InChI=1S/C14H29N3O4/c1-14(2,3)21-13(20)17(6)10-9-15(4)7-8-16(5)11-12(18)19/h7-11H2,1-6H3,(H,18,19). The highest BCUT2D eigenvalue weighted by atomic mass is 16.6. The smallest absolute Gasteiger partial charge is 0.410 e. The Balaban J connectivity index is 3.94. The van der Waals surface area contributed by atoms with Gasteiger partial charge in [0.05, 0.1) is 6.54 Å². The lowest BCUT2D eigenvalue weighted by molar-refractivity contribution is -0.138. The van der Waals surface area contributed by atoms with Crippen molar-refractivity contribution in [2.24, 2.45) is 0 Å². The van der Waals surface area contributed by atoms with Crippen LogP contribution in [0.5, 0.6) is 0 Å². The number of likely N-dealkylation sites (N-methyl/N-ethyl adjacent to an activating group) is 3. The van der Waals surface area contributed by atoms with Gasteiger partial charge < -0.3 is 19.6 Å². The van der Waals surface area contributed by atoms with E-state index in [4.69, 9.17) is 9.84 Å². The van der Waals surface area contributed by atoms with Crippen LogP contribution in [0.2, 0.25) is 0 Å². The first-order chi connectivity index (χ1) is 9.51. The molecule has 0 heterocycles. The molecule has 0 fully saturated rings. The summed E-state index contributed by atoms with van der Waals surface area (Å²) < 4.78 is 5.27. The van der Waals surface area contributed by atoms with Crippen LogP contribution >= 0.6 is 0 Å². The van der Waals surface area contributed by atoms with Gasteiger partial charge in [0.1, 0.15) is 5.60 Å². The van der Waals surface area contributed by atoms with Crippen LogP contribution in [-0.2, 0) is 9.53 Å². The van der Waals surface area contributed by atoms with Gasteiger partial charge in [-0.2, -0.15) is 0 Å². The number of amides is 1. The molecule has 0 saturated carbocycles. The molecule has 0 aliphatic rings. The van der Waals surface area contributed by atoms with E-state index in [1.807, 2.05) is 27.8 Å². The van der Waals surface area contributed by atoms with Gasteiger partial charge >= 0.3 is 12.1 Å². The number of hydrogen-bond acceptors (Lipinski definition) is 5. The highest BCUT2D eigenvalue weighted by Gasteiger charge is 2.19. The van der Waals surface area contributed by atoms with Gasteiger partial charge in [0.2, 0.25) is 0 Å². The van der Waals surface area contributed by atoms with Gasteiger partial charge in [-0.05, 0) is 34.9 Å². The molecule has 21 heavy (non-hydrogen) atoms. The zero-order valence-corrected chi connectivity index (χ0v) is 14.0. The second-order valence-electron chi connectivity index (χ2n) is 6.34. The van der Waals surface area contributed by atoms with Crippen molar-refractivity contribution in [2.45, 2.75) is 26.4 Å². The van der Waals surface area contributed by atoms with Crippen LogP contribution in [0.3, 0.4) is 0 Å². The summed E-state index contributed by atoms with van der Waals surface area (Å²) in [4.78, 5) is 27.7. The monoisotopic (exact) mass is 303 g/mol. The molecule has 0 atom stereocenters. The maximum absolute atomic E-state index is 11.8. The van der Waals surface area contributed by atoms with Gasteiger partial charge in [-0.25, -0.2) is 4.79 Å². The van der Waals surface area contributed by atoms with Gasteiger partial charge in [-0.3, -0.25) is 9.69 Å². The lowest BCUT2D eigenvalue weighted by Gasteiger charge is -2.26. The molecule has 0 radical (unpaired) electrons. The highest BCUT2D eigenvalue weighted by molar-refractivity contribution is 5.69. The van der Waals surface area contributed by atoms with Crippen LogP contribution in [0, 0.1) is 0 Å². The molecule has 0 aromatic carbocycles. The second kappa shape index (κ2) is 8.84. The number of nitrogens with zero attached hydrogens (tertiary/aromatic N) is 3. The number of carboxylic acid groups (broad SMARTS) is 1. The van der Waals surface area contributed by atoms with Gasteiger partial charge in [0.25, 0.3) is 0 Å². The van der Waals surface area contributed by atoms with Gasteiger partial charge in [-0.1, -0.05) is 0 Å². The molecule has 1 N–H and O–H groups in total. The van der Waals surface area contributed by atoms with E-state index in [0.717, 1.165) is 6.54 Å². The Morgan fingerprint density at radius 2 is 1.43 bits per heavy atom. The molecule has 0 bridgehead atoms. The Morgan fingerprint density at radius 3 is 1.90 bits per heavy atom. The normalized spacial score (nSPS) is 11.8. The summed E-state index contributed by atoms with van der Waals surface area (Å²) >= 11 is 0. The first-order valence-electron chi connectivity index (χ1n) is 7.04. The van der Waals surface area contributed by atoms with Crippen LogP contribution in [-0.4, -0.2) is 91.3 Å². The minimum absolute atomic E-state index is 0.0334. The molecule has 0 aromatic heterocycles. The SMILES string of the molecule is CN(CCN(C)CC(=O)O)CCN(C)C(=O)OC(C)(C)C. The summed E-state index contributed by atoms with van der Waals surface area (Å²) in [6.07, 6.45) is -0.334. The predicted octanol–water partition coefficient (Wildman–Crippen LogP) is 0.802. The quantitative estimate of drug-likeness (QED) is 0.715. The third-order valence-corrected chi connectivity index (χ3v) is 2.79. The number of carboxylic acids is 1. The van der Waals surface area contributed by atoms with E-state index in [2.05, 4.69) is 4.90 Å². The fourth-order valence-electron chi connectivity index (χ4n) is 1.52. The fourth-order valence-corrected chi connectivity index (χ4v) is 1.52. The van der Waals surface area contributed by atoms with Gasteiger partial charge in [0.15, 0.2) is 0 Å². The Hall–Kier alpha value is -1.34. The largest absolute Gasteiger partial charge is 0.480 e. The minimum Gasteiger partial charge on any atom is -0.480 e. The van der Waals surface area contributed by atoms with Gasteiger partial charge in [-0.15, -0.1) is 0 Å². The number of aliphatic carboxylic acids is 1. The molecule has 0 unspecified atom stereocenters. The van der Waals surface area contributed by atoms with E-state index < -0.39 is 11.6 Å². The van der Waals surface area contributed by atoms with E-state index in [-0.39, 0.29) is 12.6 Å². The molecule has 0 spiro atoms. The molecule has 124 valence electrons. The van der Waals surface area contributed by atoms with Crippen molar-refractivity contribution in [1.82, 2.24) is 14.7 Å². The molecule has 0 aromatic rings. The second-order valence-corrected chi connectivity index (χ2v) is 6.34. The molecular weight excluding hydrogens is 274 g/mol. The molecule has 0 rings (SSSR count). The average molecular weight is 303 g/mol. The van der Waals surface area contributed by atoms with E-state index in [9.17, 15) is 9.59 Å². The lowest BCUT2D eigenvalue weighted by Crippen LogP contribution is -2.40. The zero-order valence-electron chi connectivity index (χ0n) is 14.0. The summed E-state index contributed by atoms with van der Waals surface area (Å²) in [5, 5.41) is 8.67. The van der Waals surface area contributed by atoms with Crippen molar-refractivity contribution in [2.75, 3.05) is 53.9 Å². The molecule has 1 amide bonds. The summed E-state index contributed by atoms with van der Waals surface area (Å²) in [6, 6.07) is 0. The van der Waals surface area contributed by atoms with Crippen molar-refractivity contribution in [3.05, 3.63) is 0 Å². The number of carbonyl (C=O) groups excluding carboxylic acids is 1. The Labute approximate surface area is 127 Å². The molecule has 0 aliphatic carbocycles. The average Bonchev–Trinajstić information content (AvgIpc) is 2.30. The number of hydrogen-bond donors (Lipinski definition) is 1. The van der Waals surface area contributed by atoms with E-state index in [1.54, 1.807) is 23.9 Å². The predicted molar refractivity (Wildman–Crippen MR) is 81.5 cm³/mol. The first-order valence-corrected chi connectivity index (χ1v) is 7.04. The van der Waals surface area contributed by atoms with Crippen LogP contribution in [0.25, 0.3) is 0 Å². The topological polar surface area (TPSA) is 73.3 Å². The van der Waals surface area contributed by atoms with Crippen LogP contribution < -0.4 is 0 Å². The first kappa shape index (κ1) is 19.7. The van der Waals surface area contributed by atoms with Crippen LogP contribution in [0.4, 0.5) is 4.79 Å². The third-order valence-electron chi connectivity index (χ3n) is 2.79. The Kier molecular flexibility index (Phi) is 8.27.